The minimum absolute atomic E-state index is 0.740. The summed E-state index contributed by atoms with van der Waals surface area (Å²) in [6.45, 7) is 1.55. The summed E-state index contributed by atoms with van der Waals surface area (Å²) < 4.78 is 5.57. The Balaban J connectivity index is 2.01. The molecule has 0 amide bonds. The molecule has 0 atom stereocenters. The van der Waals surface area contributed by atoms with Crippen molar-refractivity contribution in [3.05, 3.63) is 29.3 Å². The van der Waals surface area contributed by atoms with Crippen molar-refractivity contribution in [3.8, 4) is 5.75 Å². The molecule has 0 saturated heterocycles. The Labute approximate surface area is 107 Å². The first-order valence-corrected chi connectivity index (χ1v) is 7.02. The van der Waals surface area contributed by atoms with Crippen molar-refractivity contribution in [2.45, 2.75) is 12.8 Å². The molecule has 0 heterocycles. The largest absolute Gasteiger partial charge is 0.494 e. The Kier molecular flexibility index (Phi) is 7.47. The number of nitrogens with two attached hydrogens (primary N) is 1. The van der Waals surface area contributed by atoms with E-state index in [-0.39, 0.29) is 0 Å². The highest BCUT2D eigenvalue weighted by molar-refractivity contribution is 7.99. The van der Waals surface area contributed by atoms with Crippen molar-refractivity contribution in [1.29, 1.82) is 0 Å². The van der Waals surface area contributed by atoms with Crippen LogP contribution in [0, 0.1) is 0 Å². The van der Waals surface area contributed by atoms with Crippen LogP contribution in [0.2, 0.25) is 5.02 Å². The van der Waals surface area contributed by atoms with Crippen LogP contribution in [0.15, 0.2) is 24.3 Å². The van der Waals surface area contributed by atoms with E-state index in [1.807, 2.05) is 36.0 Å². The highest BCUT2D eigenvalue weighted by Gasteiger charge is 1.94. The third kappa shape index (κ3) is 6.26. The molecule has 0 bridgehead atoms. The van der Waals surface area contributed by atoms with Crippen molar-refractivity contribution in [1.82, 2.24) is 0 Å². The average molecular weight is 260 g/mol. The van der Waals surface area contributed by atoms with Gasteiger partial charge in [0.05, 0.1) is 6.61 Å². The number of thioether (sulfide) groups is 1. The highest BCUT2D eigenvalue weighted by Crippen LogP contribution is 2.15. The first kappa shape index (κ1) is 13.7. The maximum atomic E-state index is 5.77. The average Bonchev–Trinajstić information content (AvgIpc) is 2.30. The van der Waals surface area contributed by atoms with Crippen molar-refractivity contribution >= 4 is 23.4 Å². The predicted octanol–water partition coefficient (Wildman–Crippen LogP) is 3.19. The maximum absolute atomic E-state index is 5.77. The molecule has 1 aromatic carbocycles. The lowest BCUT2D eigenvalue weighted by Crippen LogP contribution is -2.01. The Hall–Kier alpha value is -0.380. The van der Waals surface area contributed by atoms with E-state index in [1.165, 1.54) is 0 Å². The fourth-order valence-corrected chi connectivity index (χ4v) is 2.19. The second-order valence-electron chi connectivity index (χ2n) is 3.41. The van der Waals surface area contributed by atoms with Crippen LogP contribution in [-0.4, -0.2) is 24.7 Å². The summed E-state index contributed by atoms with van der Waals surface area (Å²) in [5.41, 5.74) is 5.41. The Morgan fingerprint density at radius 1 is 1.12 bits per heavy atom. The molecule has 0 aliphatic rings. The fourth-order valence-electron chi connectivity index (χ4n) is 1.17. The van der Waals surface area contributed by atoms with Crippen LogP contribution in [0.5, 0.6) is 5.75 Å². The molecule has 2 nitrogen and oxygen atoms in total. The van der Waals surface area contributed by atoms with Crippen molar-refractivity contribution in [2.75, 3.05) is 24.7 Å². The molecule has 0 aromatic heterocycles. The normalized spacial score (nSPS) is 10.4. The van der Waals surface area contributed by atoms with Gasteiger partial charge < -0.3 is 10.5 Å². The quantitative estimate of drug-likeness (QED) is 0.729. The molecular formula is C12H18ClNOS. The van der Waals surface area contributed by atoms with Gasteiger partial charge in [-0.1, -0.05) is 11.6 Å². The van der Waals surface area contributed by atoms with E-state index in [2.05, 4.69) is 0 Å². The topological polar surface area (TPSA) is 35.2 Å². The number of ether oxygens (including phenoxy) is 1. The summed E-state index contributed by atoms with van der Waals surface area (Å²) in [6.07, 6.45) is 2.17. The van der Waals surface area contributed by atoms with Gasteiger partial charge in [-0.15, -0.1) is 0 Å². The molecule has 0 saturated carbocycles. The van der Waals surface area contributed by atoms with Crippen LogP contribution in [0.25, 0.3) is 0 Å². The molecule has 1 aromatic rings. The zero-order chi connectivity index (χ0) is 11.6. The molecule has 16 heavy (non-hydrogen) atoms. The van der Waals surface area contributed by atoms with Crippen LogP contribution in [0.4, 0.5) is 0 Å². The van der Waals surface area contributed by atoms with Gasteiger partial charge in [-0.3, -0.25) is 0 Å². The van der Waals surface area contributed by atoms with E-state index in [9.17, 15) is 0 Å². The van der Waals surface area contributed by atoms with Gasteiger partial charge in [0.15, 0.2) is 0 Å². The summed E-state index contributed by atoms with van der Waals surface area (Å²) in [5.74, 6) is 3.17. The molecule has 90 valence electrons. The van der Waals surface area contributed by atoms with E-state index >= 15 is 0 Å². The predicted molar refractivity (Wildman–Crippen MR) is 72.6 cm³/mol. The number of rotatable bonds is 8. The third-order valence-electron chi connectivity index (χ3n) is 2.01. The molecule has 0 unspecified atom stereocenters. The minimum Gasteiger partial charge on any atom is -0.494 e. The summed E-state index contributed by atoms with van der Waals surface area (Å²) in [6, 6.07) is 7.47. The molecule has 0 fully saturated rings. The van der Waals surface area contributed by atoms with Crippen LogP contribution < -0.4 is 10.5 Å². The number of benzene rings is 1. The smallest absolute Gasteiger partial charge is 0.119 e. The van der Waals surface area contributed by atoms with Gasteiger partial charge in [-0.05, 0) is 55.2 Å². The minimum atomic E-state index is 0.740. The SMILES string of the molecule is NCCCSCCCOc1ccc(Cl)cc1. The van der Waals surface area contributed by atoms with Gasteiger partial charge in [0, 0.05) is 5.02 Å². The zero-order valence-electron chi connectivity index (χ0n) is 9.32. The lowest BCUT2D eigenvalue weighted by Gasteiger charge is -2.05. The first-order chi connectivity index (χ1) is 7.83. The van der Waals surface area contributed by atoms with Crippen LogP contribution in [0.3, 0.4) is 0 Å². The highest BCUT2D eigenvalue weighted by atomic mass is 35.5. The van der Waals surface area contributed by atoms with Gasteiger partial charge >= 0.3 is 0 Å². The summed E-state index contributed by atoms with van der Waals surface area (Å²) in [7, 11) is 0. The Morgan fingerprint density at radius 3 is 2.50 bits per heavy atom. The summed E-state index contributed by atoms with van der Waals surface area (Å²) in [4.78, 5) is 0. The zero-order valence-corrected chi connectivity index (χ0v) is 10.9. The van der Waals surface area contributed by atoms with E-state index in [4.69, 9.17) is 22.1 Å². The van der Waals surface area contributed by atoms with Gasteiger partial charge in [0.2, 0.25) is 0 Å². The first-order valence-electron chi connectivity index (χ1n) is 5.49. The van der Waals surface area contributed by atoms with E-state index in [1.54, 1.807) is 0 Å². The third-order valence-corrected chi connectivity index (χ3v) is 3.41. The molecule has 0 spiro atoms. The number of hydrogen-bond acceptors (Lipinski definition) is 3. The van der Waals surface area contributed by atoms with Gasteiger partial charge in [-0.2, -0.15) is 11.8 Å². The fraction of sp³-hybridized carbons (Fsp3) is 0.500. The molecule has 0 aliphatic heterocycles. The van der Waals surface area contributed by atoms with Crippen LogP contribution in [0.1, 0.15) is 12.8 Å². The van der Waals surface area contributed by atoms with Crippen LogP contribution >= 0.6 is 23.4 Å². The molecule has 2 N–H and O–H groups in total. The summed E-state index contributed by atoms with van der Waals surface area (Å²) in [5, 5.41) is 0.740. The Morgan fingerprint density at radius 2 is 1.81 bits per heavy atom. The molecule has 1 rings (SSSR count). The van der Waals surface area contributed by atoms with E-state index in [0.717, 1.165) is 48.3 Å². The molecule has 0 radical (unpaired) electrons. The summed E-state index contributed by atoms with van der Waals surface area (Å²) >= 11 is 7.71. The molecule has 4 heteroatoms. The van der Waals surface area contributed by atoms with Crippen molar-refractivity contribution in [2.24, 2.45) is 5.73 Å². The lowest BCUT2D eigenvalue weighted by atomic mass is 10.3. The van der Waals surface area contributed by atoms with Gasteiger partial charge in [0.1, 0.15) is 5.75 Å². The van der Waals surface area contributed by atoms with Crippen LogP contribution in [-0.2, 0) is 0 Å². The van der Waals surface area contributed by atoms with Gasteiger partial charge in [-0.25, -0.2) is 0 Å². The number of hydrogen-bond donors (Lipinski definition) is 1. The standard InChI is InChI=1S/C12H18ClNOS/c13-11-3-5-12(6-4-11)15-8-2-10-16-9-1-7-14/h3-6H,1-2,7-10,14H2. The lowest BCUT2D eigenvalue weighted by molar-refractivity contribution is 0.319. The second-order valence-corrected chi connectivity index (χ2v) is 5.07. The molecular weight excluding hydrogens is 242 g/mol. The van der Waals surface area contributed by atoms with E-state index < -0.39 is 0 Å². The second kappa shape index (κ2) is 8.74. The van der Waals surface area contributed by atoms with Gasteiger partial charge in [0.25, 0.3) is 0 Å². The van der Waals surface area contributed by atoms with Crippen molar-refractivity contribution in [3.63, 3.8) is 0 Å². The number of halogens is 1. The van der Waals surface area contributed by atoms with Crippen molar-refractivity contribution < 1.29 is 4.74 Å². The Bertz CT molecular complexity index is 279. The molecule has 0 aliphatic carbocycles. The maximum Gasteiger partial charge on any atom is 0.119 e. The van der Waals surface area contributed by atoms with E-state index in [0.29, 0.717) is 0 Å². The monoisotopic (exact) mass is 259 g/mol.